The minimum atomic E-state index is 0.644. The van der Waals surface area contributed by atoms with E-state index in [9.17, 15) is 0 Å². The minimum Gasteiger partial charge on any atom is -0.497 e. The molecule has 1 heterocycles. The van der Waals surface area contributed by atoms with Crippen LogP contribution in [0.3, 0.4) is 0 Å². The number of ether oxygens (including phenoxy) is 1. The molecule has 4 nitrogen and oxygen atoms in total. The van der Waals surface area contributed by atoms with E-state index in [2.05, 4.69) is 16.4 Å². The van der Waals surface area contributed by atoms with Gasteiger partial charge in [0.2, 0.25) is 0 Å². The maximum absolute atomic E-state index is 8.99. The molecular formula is C19H17N3O. The monoisotopic (exact) mass is 303 g/mol. The Bertz CT molecular complexity index is 897. The van der Waals surface area contributed by atoms with E-state index in [1.165, 1.54) is 0 Å². The number of aryl methyl sites for hydroxylation is 1. The van der Waals surface area contributed by atoms with Crippen LogP contribution in [0.5, 0.6) is 5.75 Å². The predicted octanol–water partition coefficient (Wildman–Crippen LogP) is 4.04. The van der Waals surface area contributed by atoms with Crippen LogP contribution in [0, 0.1) is 18.3 Å². The molecule has 0 atom stereocenters. The van der Waals surface area contributed by atoms with Crippen LogP contribution < -0.4 is 10.1 Å². The van der Waals surface area contributed by atoms with Crippen molar-refractivity contribution < 1.29 is 4.74 Å². The summed E-state index contributed by atoms with van der Waals surface area (Å²) in [6.07, 6.45) is 0. The summed E-state index contributed by atoms with van der Waals surface area (Å²) in [6.45, 7) is 2.62. The van der Waals surface area contributed by atoms with Crippen LogP contribution in [0.15, 0.2) is 48.5 Å². The molecule has 0 bridgehead atoms. The van der Waals surface area contributed by atoms with Gasteiger partial charge in [-0.05, 0) is 48.9 Å². The molecule has 0 spiro atoms. The van der Waals surface area contributed by atoms with Crippen LogP contribution in [0.4, 0.5) is 5.69 Å². The normalized spacial score (nSPS) is 10.3. The smallest absolute Gasteiger partial charge is 0.119 e. The number of nitrogens with one attached hydrogen (secondary N) is 1. The molecule has 4 heteroatoms. The van der Waals surface area contributed by atoms with Gasteiger partial charge in [-0.1, -0.05) is 12.1 Å². The van der Waals surface area contributed by atoms with Gasteiger partial charge in [0.25, 0.3) is 0 Å². The highest BCUT2D eigenvalue weighted by Crippen LogP contribution is 2.27. The number of methoxy groups -OCH3 is 1. The van der Waals surface area contributed by atoms with Crippen LogP contribution in [-0.2, 0) is 6.54 Å². The molecule has 0 saturated heterocycles. The molecule has 0 aliphatic rings. The van der Waals surface area contributed by atoms with Gasteiger partial charge in [-0.3, -0.25) is 4.98 Å². The van der Waals surface area contributed by atoms with Crippen molar-refractivity contribution >= 4 is 16.6 Å². The molecule has 23 heavy (non-hydrogen) atoms. The fraction of sp³-hybridized carbons (Fsp3) is 0.158. The highest BCUT2D eigenvalue weighted by Gasteiger charge is 2.06. The van der Waals surface area contributed by atoms with Crippen molar-refractivity contribution in [2.24, 2.45) is 0 Å². The van der Waals surface area contributed by atoms with E-state index >= 15 is 0 Å². The largest absolute Gasteiger partial charge is 0.497 e. The van der Waals surface area contributed by atoms with Gasteiger partial charge in [0.15, 0.2) is 0 Å². The minimum absolute atomic E-state index is 0.644. The van der Waals surface area contributed by atoms with Gasteiger partial charge < -0.3 is 10.1 Å². The van der Waals surface area contributed by atoms with E-state index in [1.807, 2.05) is 49.4 Å². The number of rotatable bonds is 4. The van der Waals surface area contributed by atoms with Gasteiger partial charge in [-0.15, -0.1) is 0 Å². The van der Waals surface area contributed by atoms with Crippen LogP contribution in [0.1, 0.15) is 16.8 Å². The van der Waals surface area contributed by atoms with Gasteiger partial charge >= 0.3 is 0 Å². The summed E-state index contributed by atoms with van der Waals surface area (Å²) >= 11 is 0. The summed E-state index contributed by atoms with van der Waals surface area (Å²) in [5.41, 5.74) is 4.63. The molecule has 114 valence electrons. The highest BCUT2D eigenvalue weighted by atomic mass is 16.5. The first-order valence-electron chi connectivity index (χ1n) is 7.38. The molecule has 3 rings (SSSR count). The molecule has 3 aromatic rings. The third kappa shape index (κ3) is 3.24. The highest BCUT2D eigenvalue weighted by molar-refractivity contribution is 5.92. The average Bonchev–Trinajstić information content (AvgIpc) is 2.59. The molecule has 1 aromatic heterocycles. The fourth-order valence-corrected chi connectivity index (χ4v) is 2.56. The molecule has 1 N–H and O–H groups in total. The van der Waals surface area contributed by atoms with Crippen molar-refractivity contribution in [3.05, 3.63) is 65.4 Å². The molecule has 0 unspecified atom stereocenters. The molecular weight excluding hydrogens is 286 g/mol. The number of fused-ring (bicyclic) bond motifs is 1. The lowest BCUT2D eigenvalue weighted by molar-refractivity contribution is 0.415. The van der Waals surface area contributed by atoms with E-state index < -0.39 is 0 Å². The lowest BCUT2D eigenvalue weighted by Gasteiger charge is -2.12. The molecule has 0 saturated carbocycles. The number of hydrogen-bond acceptors (Lipinski definition) is 4. The Morgan fingerprint density at radius 2 is 2.04 bits per heavy atom. The van der Waals surface area contributed by atoms with Crippen LogP contribution >= 0.6 is 0 Å². The Kier molecular flexibility index (Phi) is 4.11. The summed E-state index contributed by atoms with van der Waals surface area (Å²) in [7, 11) is 1.66. The van der Waals surface area contributed by atoms with E-state index in [0.29, 0.717) is 12.1 Å². The van der Waals surface area contributed by atoms with Crippen molar-refractivity contribution in [3.63, 3.8) is 0 Å². The van der Waals surface area contributed by atoms with Crippen molar-refractivity contribution in [1.29, 1.82) is 5.26 Å². The van der Waals surface area contributed by atoms with E-state index in [-0.39, 0.29) is 0 Å². The second-order valence-corrected chi connectivity index (χ2v) is 5.36. The Labute approximate surface area is 135 Å². The zero-order valence-electron chi connectivity index (χ0n) is 13.1. The SMILES string of the molecule is COc1ccc2nc(C)cc(NCc3cccc(C#N)c3)c2c1. The first kappa shape index (κ1) is 14.9. The van der Waals surface area contributed by atoms with Gasteiger partial charge in [-0.2, -0.15) is 5.26 Å². The molecule has 0 fully saturated rings. The van der Waals surface area contributed by atoms with Crippen molar-refractivity contribution in [3.8, 4) is 11.8 Å². The van der Waals surface area contributed by atoms with Gasteiger partial charge in [0.05, 0.1) is 24.3 Å². The number of pyridine rings is 1. The second kappa shape index (κ2) is 6.37. The van der Waals surface area contributed by atoms with E-state index in [0.717, 1.165) is 33.6 Å². The third-order valence-corrected chi connectivity index (χ3v) is 3.68. The number of nitriles is 1. The average molecular weight is 303 g/mol. The molecule has 0 radical (unpaired) electrons. The molecule has 0 amide bonds. The summed E-state index contributed by atoms with van der Waals surface area (Å²) < 4.78 is 5.31. The molecule has 0 aliphatic carbocycles. The zero-order valence-corrected chi connectivity index (χ0v) is 13.1. The lowest BCUT2D eigenvalue weighted by atomic mass is 10.1. The number of hydrogen-bond donors (Lipinski definition) is 1. The summed E-state index contributed by atoms with van der Waals surface area (Å²) in [6, 6.07) is 17.6. The Morgan fingerprint density at radius 1 is 1.17 bits per heavy atom. The van der Waals surface area contributed by atoms with E-state index in [1.54, 1.807) is 13.2 Å². The number of aromatic nitrogens is 1. The summed E-state index contributed by atoms with van der Waals surface area (Å²) in [4.78, 5) is 4.56. The van der Waals surface area contributed by atoms with Crippen molar-refractivity contribution in [1.82, 2.24) is 4.98 Å². The van der Waals surface area contributed by atoms with E-state index in [4.69, 9.17) is 10.00 Å². The topological polar surface area (TPSA) is 57.9 Å². The van der Waals surface area contributed by atoms with Crippen molar-refractivity contribution in [2.45, 2.75) is 13.5 Å². The Hall–Kier alpha value is -3.06. The lowest BCUT2D eigenvalue weighted by Crippen LogP contribution is -2.02. The number of nitrogens with zero attached hydrogens (tertiary/aromatic N) is 2. The summed E-state index contributed by atoms with van der Waals surface area (Å²) in [5, 5.41) is 13.5. The fourth-order valence-electron chi connectivity index (χ4n) is 2.56. The van der Waals surface area contributed by atoms with Gasteiger partial charge in [0, 0.05) is 23.3 Å². The molecule has 0 aliphatic heterocycles. The zero-order chi connectivity index (χ0) is 16.2. The molecule has 2 aromatic carbocycles. The van der Waals surface area contributed by atoms with Crippen LogP contribution in [-0.4, -0.2) is 12.1 Å². The standard InChI is InChI=1S/C19H17N3O/c1-13-8-19(17-10-16(23-2)6-7-18(17)22-13)21-12-15-5-3-4-14(9-15)11-20/h3-10H,12H2,1-2H3,(H,21,22). The van der Waals surface area contributed by atoms with Gasteiger partial charge in [-0.25, -0.2) is 0 Å². The quantitative estimate of drug-likeness (QED) is 0.790. The maximum Gasteiger partial charge on any atom is 0.119 e. The third-order valence-electron chi connectivity index (χ3n) is 3.68. The predicted molar refractivity (Wildman–Crippen MR) is 91.5 cm³/mol. The number of benzene rings is 2. The first-order chi connectivity index (χ1) is 11.2. The second-order valence-electron chi connectivity index (χ2n) is 5.36. The van der Waals surface area contributed by atoms with Crippen molar-refractivity contribution in [2.75, 3.05) is 12.4 Å². The summed E-state index contributed by atoms with van der Waals surface area (Å²) in [5.74, 6) is 0.803. The van der Waals surface area contributed by atoms with Crippen LogP contribution in [0.2, 0.25) is 0 Å². The van der Waals surface area contributed by atoms with Gasteiger partial charge in [0.1, 0.15) is 5.75 Å². The Balaban J connectivity index is 1.93. The first-order valence-corrected chi connectivity index (χ1v) is 7.38. The van der Waals surface area contributed by atoms with Crippen LogP contribution in [0.25, 0.3) is 10.9 Å². The Morgan fingerprint density at radius 3 is 2.83 bits per heavy atom. The maximum atomic E-state index is 8.99. The number of anilines is 1.